The van der Waals surface area contributed by atoms with Gasteiger partial charge < -0.3 is 4.74 Å². The molecule has 5 heteroatoms. The van der Waals surface area contributed by atoms with E-state index in [1.54, 1.807) is 0 Å². The molecule has 0 saturated carbocycles. The summed E-state index contributed by atoms with van der Waals surface area (Å²) >= 11 is 5.62. The van der Waals surface area contributed by atoms with Crippen LogP contribution in [0, 0.1) is 12.3 Å². The van der Waals surface area contributed by atoms with E-state index >= 15 is 0 Å². The van der Waals surface area contributed by atoms with Gasteiger partial charge in [-0.2, -0.15) is 13.2 Å². The van der Waals surface area contributed by atoms with E-state index in [1.807, 2.05) is 0 Å². The highest BCUT2D eigenvalue weighted by atomic mass is 35.5. The van der Waals surface area contributed by atoms with Crippen LogP contribution in [0.15, 0.2) is 18.2 Å². The van der Waals surface area contributed by atoms with E-state index in [-0.39, 0.29) is 10.8 Å². The molecule has 0 aliphatic rings. The minimum atomic E-state index is -4.38. The third kappa shape index (κ3) is 4.13. The van der Waals surface area contributed by atoms with Crippen molar-refractivity contribution in [2.45, 2.75) is 6.18 Å². The zero-order valence-corrected chi connectivity index (χ0v) is 8.19. The Hall–Kier alpha value is -1.34. The average molecular weight is 235 g/mol. The Morgan fingerprint density at radius 3 is 2.53 bits per heavy atom. The summed E-state index contributed by atoms with van der Waals surface area (Å²) < 4.78 is 40.0. The highest BCUT2D eigenvalue weighted by Gasteiger charge is 2.28. The van der Waals surface area contributed by atoms with Gasteiger partial charge in [-0.15, -0.1) is 6.42 Å². The van der Waals surface area contributed by atoms with Crippen molar-refractivity contribution < 1.29 is 17.9 Å². The van der Waals surface area contributed by atoms with E-state index in [1.165, 1.54) is 18.2 Å². The van der Waals surface area contributed by atoms with Crippen LogP contribution < -0.4 is 4.74 Å². The van der Waals surface area contributed by atoms with Crippen LogP contribution in [0.2, 0.25) is 5.02 Å². The molecule has 1 aromatic rings. The second-order valence-electron chi connectivity index (χ2n) is 2.72. The van der Waals surface area contributed by atoms with Crippen molar-refractivity contribution in [1.29, 1.82) is 0 Å². The van der Waals surface area contributed by atoms with Gasteiger partial charge >= 0.3 is 6.18 Å². The molecular weight excluding hydrogens is 229 g/mol. The number of terminal acetylenes is 1. The van der Waals surface area contributed by atoms with E-state index in [2.05, 4.69) is 10.7 Å². The third-order valence-corrected chi connectivity index (χ3v) is 1.66. The lowest BCUT2D eigenvalue weighted by atomic mass is 10.2. The molecule has 0 aliphatic carbocycles. The molecule has 0 heterocycles. The maximum absolute atomic E-state index is 11.8. The first-order valence-corrected chi connectivity index (χ1v) is 4.25. The Bertz CT molecular complexity index is 393. The fourth-order valence-corrected chi connectivity index (χ4v) is 1.12. The molecule has 0 N–H and O–H groups in total. The van der Waals surface area contributed by atoms with Crippen molar-refractivity contribution in [3.05, 3.63) is 28.8 Å². The fraction of sp³-hybridized carbons (Fsp3) is 0.200. The molecule has 0 fully saturated rings. The molecular formula is C10H6ClF3O. The maximum Gasteiger partial charge on any atom is 0.422 e. The van der Waals surface area contributed by atoms with Gasteiger partial charge in [-0.05, 0) is 18.2 Å². The second kappa shape index (κ2) is 4.45. The largest absolute Gasteiger partial charge is 0.484 e. The van der Waals surface area contributed by atoms with Gasteiger partial charge in [-0.1, -0.05) is 17.5 Å². The summed E-state index contributed by atoms with van der Waals surface area (Å²) in [5.74, 6) is 2.27. The summed E-state index contributed by atoms with van der Waals surface area (Å²) in [6.45, 7) is -1.36. The molecule has 0 unspecified atom stereocenters. The van der Waals surface area contributed by atoms with Crippen molar-refractivity contribution in [3.8, 4) is 18.1 Å². The summed E-state index contributed by atoms with van der Waals surface area (Å²) in [7, 11) is 0. The lowest BCUT2D eigenvalue weighted by Crippen LogP contribution is -2.19. The zero-order valence-electron chi connectivity index (χ0n) is 7.44. The lowest BCUT2D eigenvalue weighted by Gasteiger charge is -2.09. The topological polar surface area (TPSA) is 9.23 Å². The van der Waals surface area contributed by atoms with Gasteiger partial charge in [0.25, 0.3) is 0 Å². The van der Waals surface area contributed by atoms with Crippen LogP contribution in [0.3, 0.4) is 0 Å². The van der Waals surface area contributed by atoms with Crippen LogP contribution in [-0.2, 0) is 0 Å². The molecule has 0 bridgehead atoms. The molecule has 0 spiro atoms. The molecule has 0 radical (unpaired) electrons. The molecule has 0 aromatic heterocycles. The Kier molecular flexibility index (Phi) is 3.48. The predicted molar refractivity (Wildman–Crippen MR) is 50.9 cm³/mol. The minimum Gasteiger partial charge on any atom is -0.484 e. The van der Waals surface area contributed by atoms with Crippen LogP contribution >= 0.6 is 11.6 Å². The first kappa shape index (κ1) is 11.7. The van der Waals surface area contributed by atoms with E-state index in [0.29, 0.717) is 5.56 Å². The van der Waals surface area contributed by atoms with Gasteiger partial charge in [0.15, 0.2) is 6.61 Å². The predicted octanol–water partition coefficient (Wildman–Crippen LogP) is 3.26. The Morgan fingerprint density at radius 1 is 1.33 bits per heavy atom. The van der Waals surface area contributed by atoms with Crippen LogP contribution in [0.1, 0.15) is 5.56 Å². The first-order chi connectivity index (χ1) is 6.90. The SMILES string of the molecule is C#Cc1cc(Cl)cc(OCC(F)(F)F)c1. The van der Waals surface area contributed by atoms with E-state index in [4.69, 9.17) is 18.0 Å². The van der Waals surface area contributed by atoms with Gasteiger partial charge in [-0.3, -0.25) is 0 Å². The molecule has 15 heavy (non-hydrogen) atoms. The van der Waals surface area contributed by atoms with Crippen molar-refractivity contribution in [1.82, 2.24) is 0 Å². The number of rotatable bonds is 2. The number of benzene rings is 1. The van der Waals surface area contributed by atoms with Crippen molar-refractivity contribution in [2.75, 3.05) is 6.61 Å². The molecule has 0 atom stereocenters. The van der Waals surface area contributed by atoms with Crippen LogP contribution in [-0.4, -0.2) is 12.8 Å². The molecule has 80 valence electrons. The second-order valence-corrected chi connectivity index (χ2v) is 3.16. The minimum absolute atomic E-state index is 0.00720. The summed E-state index contributed by atoms with van der Waals surface area (Å²) in [4.78, 5) is 0. The average Bonchev–Trinajstić information content (AvgIpc) is 2.13. The van der Waals surface area contributed by atoms with Crippen LogP contribution in [0.25, 0.3) is 0 Å². The normalized spacial score (nSPS) is 10.9. The van der Waals surface area contributed by atoms with E-state index in [0.717, 1.165) is 0 Å². The standard InChI is InChI=1S/C10H6ClF3O/c1-2-7-3-8(11)5-9(4-7)15-6-10(12,13)14/h1,3-5H,6H2. The quantitative estimate of drug-likeness (QED) is 0.714. The smallest absolute Gasteiger partial charge is 0.422 e. The monoisotopic (exact) mass is 234 g/mol. The molecule has 0 aliphatic heterocycles. The Morgan fingerprint density at radius 2 is 2.00 bits per heavy atom. The van der Waals surface area contributed by atoms with Gasteiger partial charge in [0, 0.05) is 10.6 Å². The van der Waals surface area contributed by atoms with Gasteiger partial charge in [-0.25, -0.2) is 0 Å². The highest BCUT2D eigenvalue weighted by Crippen LogP contribution is 2.23. The summed E-state index contributed by atoms with van der Waals surface area (Å²) in [6, 6.07) is 4.05. The fourth-order valence-electron chi connectivity index (χ4n) is 0.895. The zero-order chi connectivity index (χ0) is 11.5. The lowest BCUT2D eigenvalue weighted by molar-refractivity contribution is -0.153. The number of ether oxygens (including phenoxy) is 1. The molecule has 1 aromatic carbocycles. The van der Waals surface area contributed by atoms with Crippen molar-refractivity contribution in [3.63, 3.8) is 0 Å². The van der Waals surface area contributed by atoms with Gasteiger partial charge in [0.1, 0.15) is 5.75 Å². The number of hydrogen-bond donors (Lipinski definition) is 0. The van der Waals surface area contributed by atoms with E-state index < -0.39 is 12.8 Å². The Labute approximate surface area is 89.8 Å². The maximum atomic E-state index is 11.8. The molecule has 0 saturated heterocycles. The van der Waals surface area contributed by atoms with Gasteiger partial charge in [0.2, 0.25) is 0 Å². The van der Waals surface area contributed by atoms with Crippen molar-refractivity contribution >= 4 is 11.6 Å². The van der Waals surface area contributed by atoms with Gasteiger partial charge in [0.05, 0.1) is 0 Å². The Balaban J connectivity index is 2.78. The van der Waals surface area contributed by atoms with Crippen LogP contribution in [0.4, 0.5) is 13.2 Å². The number of halogens is 4. The number of alkyl halides is 3. The first-order valence-electron chi connectivity index (χ1n) is 3.87. The summed E-state index contributed by atoms with van der Waals surface area (Å²) in [5, 5.41) is 0.239. The highest BCUT2D eigenvalue weighted by molar-refractivity contribution is 6.30. The molecule has 0 amide bonds. The third-order valence-electron chi connectivity index (χ3n) is 1.44. The number of hydrogen-bond acceptors (Lipinski definition) is 1. The van der Waals surface area contributed by atoms with Crippen LogP contribution in [0.5, 0.6) is 5.75 Å². The summed E-state index contributed by atoms with van der Waals surface area (Å²) in [5.41, 5.74) is 0.375. The summed E-state index contributed by atoms with van der Waals surface area (Å²) in [6.07, 6.45) is 0.707. The van der Waals surface area contributed by atoms with E-state index in [9.17, 15) is 13.2 Å². The van der Waals surface area contributed by atoms with Crippen molar-refractivity contribution in [2.24, 2.45) is 0 Å². The molecule has 1 rings (SSSR count). The molecule has 1 nitrogen and oxygen atoms in total.